The number of aromatic amines is 1. The van der Waals surface area contributed by atoms with Crippen molar-refractivity contribution in [2.75, 3.05) is 26.2 Å². The van der Waals surface area contributed by atoms with Crippen LogP contribution in [0.25, 0.3) is 10.9 Å². The maximum atomic E-state index is 14.7. The van der Waals surface area contributed by atoms with E-state index in [2.05, 4.69) is 16.8 Å². The number of aromatic nitrogens is 2. The Kier molecular flexibility index (Phi) is 5.62. The summed E-state index contributed by atoms with van der Waals surface area (Å²) in [5.74, 6) is -0.113. The maximum absolute atomic E-state index is 14.7. The number of para-hydroxylation sites is 1. The molecule has 2 aromatic carbocycles. The average Bonchev–Trinajstić information content (AvgIpc) is 3.63. The molecule has 0 spiro atoms. The third kappa shape index (κ3) is 4.35. The molecule has 1 saturated carbocycles. The van der Waals surface area contributed by atoms with Crippen LogP contribution >= 0.6 is 0 Å². The van der Waals surface area contributed by atoms with Crippen LogP contribution in [0.1, 0.15) is 35.7 Å². The minimum atomic E-state index is -0.574. The van der Waals surface area contributed by atoms with E-state index in [4.69, 9.17) is 0 Å². The number of carbonyl (C=O) groups is 1. The van der Waals surface area contributed by atoms with Crippen LogP contribution in [0.3, 0.4) is 0 Å². The standard InChI is InChI=1S/C25H27FN4O3/c1-16-13-29(11-10-28(16)14-17-6-7-17)24(32)20-12-18(8-9-21(20)26)15-30-22-5-3-2-4-19(22)23(31)27-25(30)33/h2-5,8-9,12,16-17H,6-7,10-11,13-15H2,1H3,(H,27,31,33). The van der Waals surface area contributed by atoms with Crippen LogP contribution in [0.2, 0.25) is 0 Å². The summed E-state index contributed by atoms with van der Waals surface area (Å²) in [4.78, 5) is 44.3. The zero-order valence-corrected chi connectivity index (χ0v) is 18.6. The fourth-order valence-corrected chi connectivity index (χ4v) is 4.67. The lowest BCUT2D eigenvalue weighted by atomic mass is 10.1. The van der Waals surface area contributed by atoms with Crippen molar-refractivity contribution in [3.63, 3.8) is 0 Å². The molecule has 2 heterocycles. The number of fused-ring (bicyclic) bond motifs is 1. The van der Waals surface area contributed by atoms with Crippen molar-refractivity contribution in [1.82, 2.24) is 19.4 Å². The number of nitrogens with one attached hydrogen (secondary N) is 1. The second-order valence-electron chi connectivity index (χ2n) is 9.22. The molecule has 0 radical (unpaired) electrons. The van der Waals surface area contributed by atoms with Gasteiger partial charge < -0.3 is 4.90 Å². The molecule has 1 aliphatic carbocycles. The van der Waals surface area contributed by atoms with Gasteiger partial charge in [0.1, 0.15) is 5.82 Å². The van der Waals surface area contributed by atoms with E-state index in [1.165, 1.54) is 29.5 Å². The highest BCUT2D eigenvalue weighted by molar-refractivity contribution is 5.94. The van der Waals surface area contributed by atoms with E-state index in [0.29, 0.717) is 29.6 Å². The average molecular weight is 451 g/mol. The second kappa shape index (κ2) is 8.59. The van der Waals surface area contributed by atoms with Crippen molar-refractivity contribution < 1.29 is 9.18 Å². The van der Waals surface area contributed by atoms with Crippen LogP contribution < -0.4 is 11.2 Å². The first-order valence-electron chi connectivity index (χ1n) is 11.4. The fraction of sp³-hybridized carbons (Fsp3) is 0.400. The quantitative estimate of drug-likeness (QED) is 0.648. The molecule has 2 aliphatic rings. The molecule has 3 aromatic rings. The minimum Gasteiger partial charge on any atom is -0.336 e. The molecule has 2 fully saturated rings. The molecule has 1 aliphatic heterocycles. The van der Waals surface area contributed by atoms with Gasteiger partial charge in [-0.3, -0.25) is 24.0 Å². The summed E-state index contributed by atoms with van der Waals surface area (Å²) in [6.07, 6.45) is 2.58. The fourth-order valence-electron chi connectivity index (χ4n) is 4.67. The molecule has 1 N–H and O–H groups in total. The SMILES string of the molecule is CC1CN(C(=O)c2cc(Cn3c(=O)[nH]c(=O)c4ccccc43)ccc2F)CCN1CC1CC1. The molecule has 7 nitrogen and oxygen atoms in total. The van der Waals surface area contributed by atoms with Gasteiger partial charge in [0, 0.05) is 32.2 Å². The summed E-state index contributed by atoms with van der Waals surface area (Å²) < 4.78 is 16.1. The lowest BCUT2D eigenvalue weighted by molar-refractivity contribution is 0.0499. The van der Waals surface area contributed by atoms with Crippen molar-refractivity contribution in [3.05, 3.63) is 80.2 Å². The van der Waals surface area contributed by atoms with Gasteiger partial charge in [0.25, 0.3) is 11.5 Å². The van der Waals surface area contributed by atoms with Crippen LogP contribution in [0.5, 0.6) is 0 Å². The number of hydrogen-bond acceptors (Lipinski definition) is 4. The van der Waals surface area contributed by atoms with Crippen molar-refractivity contribution in [1.29, 1.82) is 0 Å². The van der Waals surface area contributed by atoms with Crippen molar-refractivity contribution in [3.8, 4) is 0 Å². The number of halogens is 1. The van der Waals surface area contributed by atoms with Gasteiger partial charge in [-0.05, 0) is 55.5 Å². The molecule has 1 saturated heterocycles. The third-order valence-corrected chi connectivity index (χ3v) is 6.75. The number of hydrogen-bond donors (Lipinski definition) is 1. The van der Waals surface area contributed by atoms with Crippen molar-refractivity contribution in [2.45, 2.75) is 32.4 Å². The van der Waals surface area contributed by atoms with Crippen molar-refractivity contribution >= 4 is 16.8 Å². The monoisotopic (exact) mass is 450 g/mol. The zero-order valence-electron chi connectivity index (χ0n) is 18.6. The van der Waals surface area contributed by atoms with Gasteiger partial charge in [0.05, 0.1) is 23.0 Å². The number of benzene rings is 2. The predicted octanol–water partition coefficient (Wildman–Crippen LogP) is 2.43. The number of nitrogens with zero attached hydrogens (tertiary/aromatic N) is 3. The summed E-state index contributed by atoms with van der Waals surface area (Å²) in [6, 6.07) is 11.4. The maximum Gasteiger partial charge on any atom is 0.329 e. The molecule has 172 valence electrons. The van der Waals surface area contributed by atoms with E-state index >= 15 is 0 Å². The number of H-pyrrole nitrogens is 1. The van der Waals surface area contributed by atoms with Crippen molar-refractivity contribution in [2.24, 2.45) is 5.92 Å². The zero-order chi connectivity index (χ0) is 23.1. The van der Waals surface area contributed by atoms with Gasteiger partial charge >= 0.3 is 5.69 Å². The first kappa shape index (κ1) is 21.6. The largest absolute Gasteiger partial charge is 0.336 e. The van der Waals surface area contributed by atoms with Gasteiger partial charge in [0.2, 0.25) is 0 Å². The van der Waals surface area contributed by atoms with Crippen LogP contribution in [0, 0.1) is 11.7 Å². The molecule has 8 heteroatoms. The second-order valence-corrected chi connectivity index (χ2v) is 9.22. The smallest absolute Gasteiger partial charge is 0.329 e. The number of carbonyl (C=O) groups excluding carboxylic acids is 1. The Bertz CT molecular complexity index is 1330. The Balaban J connectivity index is 1.39. The Morgan fingerprint density at radius 1 is 1.12 bits per heavy atom. The lowest BCUT2D eigenvalue weighted by Crippen LogP contribution is -2.54. The van der Waals surface area contributed by atoms with E-state index in [1.807, 2.05) is 0 Å². The summed E-state index contributed by atoms with van der Waals surface area (Å²) in [7, 11) is 0. The number of rotatable bonds is 5. The molecule has 1 amide bonds. The van der Waals surface area contributed by atoms with E-state index in [0.717, 1.165) is 19.0 Å². The van der Waals surface area contributed by atoms with Crippen LogP contribution in [0.15, 0.2) is 52.1 Å². The summed E-state index contributed by atoms with van der Waals surface area (Å²) in [6.45, 7) is 5.24. The summed E-state index contributed by atoms with van der Waals surface area (Å²) in [5.41, 5.74) is 0.119. The van der Waals surface area contributed by atoms with Gasteiger partial charge in [-0.15, -0.1) is 0 Å². The van der Waals surface area contributed by atoms with Crippen LogP contribution in [-0.2, 0) is 6.54 Å². The van der Waals surface area contributed by atoms with E-state index < -0.39 is 17.1 Å². The number of piperazine rings is 1. The van der Waals surface area contributed by atoms with E-state index in [-0.39, 0.29) is 24.1 Å². The predicted molar refractivity (Wildman–Crippen MR) is 124 cm³/mol. The van der Waals surface area contributed by atoms with Gasteiger partial charge in [-0.2, -0.15) is 0 Å². The topological polar surface area (TPSA) is 78.4 Å². The highest BCUT2D eigenvalue weighted by atomic mass is 19.1. The first-order chi connectivity index (χ1) is 15.9. The summed E-state index contributed by atoms with van der Waals surface area (Å²) in [5, 5.41) is 0.397. The number of amides is 1. The van der Waals surface area contributed by atoms with E-state index in [1.54, 1.807) is 35.2 Å². The molecule has 1 atom stereocenters. The van der Waals surface area contributed by atoms with Crippen LogP contribution in [0.4, 0.5) is 4.39 Å². The normalized spacial score (nSPS) is 19.2. The molecule has 33 heavy (non-hydrogen) atoms. The van der Waals surface area contributed by atoms with E-state index in [9.17, 15) is 18.8 Å². The van der Waals surface area contributed by atoms with Gasteiger partial charge in [0.15, 0.2) is 0 Å². The highest BCUT2D eigenvalue weighted by Gasteiger charge is 2.32. The lowest BCUT2D eigenvalue weighted by Gasteiger charge is -2.40. The third-order valence-electron chi connectivity index (χ3n) is 6.75. The highest BCUT2D eigenvalue weighted by Crippen LogP contribution is 2.31. The molecule has 0 bridgehead atoms. The Morgan fingerprint density at radius 3 is 2.67 bits per heavy atom. The Morgan fingerprint density at radius 2 is 1.91 bits per heavy atom. The Hall–Kier alpha value is -3.26. The van der Waals surface area contributed by atoms with Gasteiger partial charge in [-0.1, -0.05) is 18.2 Å². The molecule has 1 aromatic heterocycles. The summed E-state index contributed by atoms with van der Waals surface area (Å²) >= 11 is 0. The molecule has 5 rings (SSSR count). The molecule has 1 unspecified atom stereocenters. The molecular formula is C25H27FN4O3. The van der Waals surface area contributed by atoms with Crippen LogP contribution in [-0.4, -0.2) is 57.5 Å². The first-order valence-corrected chi connectivity index (χ1v) is 11.4. The minimum absolute atomic E-state index is 0.0112. The van der Waals surface area contributed by atoms with Gasteiger partial charge in [-0.25, -0.2) is 9.18 Å². The Labute approximate surface area is 190 Å². The molecular weight excluding hydrogens is 423 g/mol.